The number of nitrogens with one attached hydrogen (secondary N) is 1. The fourth-order valence-electron chi connectivity index (χ4n) is 5.23. The Morgan fingerprint density at radius 3 is 2.57 bits per heavy atom. The number of hydrogen-bond acceptors (Lipinski definition) is 5. The molecule has 0 saturated carbocycles. The molecule has 35 heavy (non-hydrogen) atoms. The fourth-order valence-corrected chi connectivity index (χ4v) is 5.23. The van der Waals surface area contributed by atoms with Crippen molar-refractivity contribution in [2.45, 2.75) is 38.8 Å². The molecule has 186 valence electrons. The molecule has 7 nitrogen and oxygen atoms in total. The summed E-state index contributed by atoms with van der Waals surface area (Å²) in [6.07, 6.45) is 3.44. The van der Waals surface area contributed by atoms with Crippen molar-refractivity contribution in [2.75, 3.05) is 51.3 Å². The number of carbonyl (C=O) groups excluding carboxylic acids is 1. The first-order valence-corrected chi connectivity index (χ1v) is 12.7. The second-order valence-corrected chi connectivity index (χ2v) is 9.71. The number of hydrogen-bond donors (Lipinski definition) is 1. The topological polar surface area (TPSA) is 71.8 Å². The molecule has 0 spiro atoms. The third-order valence-electron chi connectivity index (χ3n) is 7.34. The van der Waals surface area contributed by atoms with Gasteiger partial charge in [-0.2, -0.15) is 5.26 Å². The highest BCUT2D eigenvalue weighted by Gasteiger charge is 2.28. The normalized spacial score (nSPS) is 19.3. The van der Waals surface area contributed by atoms with Crippen molar-refractivity contribution >= 4 is 11.7 Å². The lowest BCUT2D eigenvalue weighted by atomic mass is 9.93. The van der Waals surface area contributed by atoms with Crippen LogP contribution in [0, 0.1) is 17.2 Å². The van der Waals surface area contributed by atoms with Crippen LogP contribution >= 0.6 is 0 Å². The minimum absolute atomic E-state index is 0.0334. The summed E-state index contributed by atoms with van der Waals surface area (Å²) < 4.78 is 5.25. The molecule has 1 N–H and O–H groups in total. The molecule has 0 bridgehead atoms. The number of carbonyl (C=O) groups is 1. The molecule has 2 aromatic carbocycles. The lowest BCUT2D eigenvalue weighted by molar-refractivity contribution is 0.162. The van der Waals surface area contributed by atoms with Gasteiger partial charge in [0, 0.05) is 44.5 Å². The summed E-state index contributed by atoms with van der Waals surface area (Å²) >= 11 is 0. The Labute approximate surface area is 209 Å². The Morgan fingerprint density at radius 2 is 1.89 bits per heavy atom. The van der Waals surface area contributed by atoms with E-state index in [0.717, 1.165) is 51.4 Å². The van der Waals surface area contributed by atoms with Crippen LogP contribution < -0.4 is 15.0 Å². The molecule has 2 amide bonds. The van der Waals surface area contributed by atoms with Crippen molar-refractivity contribution in [3.8, 4) is 11.8 Å². The number of nitrogens with zero attached hydrogens (tertiary/aromatic N) is 4. The lowest BCUT2D eigenvalue weighted by Gasteiger charge is -2.41. The molecule has 4 rings (SSSR count). The molecular weight excluding hydrogens is 438 g/mol. The maximum atomic E-state index is 12.9. The molecule has 2 fully saturated rings. The van der Waals surface area contributed by atoms with E-state index in [1.165, 1.54) is 18.4 Å². The Balaban J connectivity index is 1.18. The summed E-state index contributed by atoms with van der Waals surface area (Å²) in [4.78, 5) is 19.6. The molecule has 7 heteroatoms. The lowest BCUT2D eigenvalue weighted by Crippen LogP contribution is -2.56. The zero-order valence-electron chi connectivity index (χ0n) is 20.9. The van der Waals surface area contributed by atoms with E-state index in [9.17, 15) is 10.1 Å². The van der Waals surface area contributed by atoms with Gasteiger partial charge in [-0.05, 0) is 69.0 Å². The van der Waals surface area contributed by atoms with Crippen LogP contribution in [0.25, 0.3) is 0 Å². The highest BCUT2D eigenvalue weighted by atomic mass is 16.5. The van der Waals surface area contributed by atoms with Gasteiger partial charge < -0.3 is 19.9 Å². The molecule has 0 aromatic heterocycles. The van der Waals surface area contributed by atoms with E-state index in [4.69, 9.17) is 4.74 Å². The molecule has 0 radical (unpaired) electrons. The van der Waals surface area contributed by atoms with E-state index >= 15 is 0 Å². The minimum Gasteiger partial charge on any atom is -0.495 e. The van der Waals surface area contributed by atoms with Gasteiger partial charge in [-0.25, -0.2) is 4.79 Å². The van der Waals surface area contributed by atoms with Crippen LogP contribution in [-0.4, -0.2) is 68.3 Å². The molecule has 0 unspecified atom stereocenters. The van der Waals surface area contributed by atoms with Crippen molar-refractivity contribution in [1.29, 1.82) is 5.26 Å². The number of rotatable bonds is 7. The van der Waals surface area contributed by atoms with Crippen LogP contribution in [-0.2, 0) is 6.54 Å². The van der Waals surface area contributed by atoms with Gasteiger partial charge in [0.2, 0.25) is 0 Å². The molecule has 2 saturated heterocycles. The Hall–Kier alpha value is -3.24. The molecular formula is C28H37N5O2. The summed E-state index contributed by atoms with van der Waals surface area (Å²) in [6.45, 7) is 8.26. The van der Waals surface area contributed by atoms with Crippen LogP contribution in [0.15, 0.2) is 48.5 Å². The van der Waals surface area contributed by atoms with E-state index in [-0.39, 0.29) is 12.1 Å². The molecule has 1 atom stereocenters. The molecule has 0 aliphatic carbocycles. The van der Waals surface area contributed by atoms with Crippen LogP contribution in [0.4, 0.5) is 10.5 Å². The van der Waals surface area contributed by atoms with Crippen molar-refractivity contribution < 1.29 is 9.53 Å². The van der Waals surface area contributed by atoms with Crippen LogP contribution in [0.2, 0.25) is 0 Å². The zero-order valence-corrected chi connectivity index (χ0v) is 20.9. The molecule has 2 aliphatic rings. The average Bonchev–Trinajstić information content (AvgIpc) is 2.89. The second-order valence-electron chi connectivity index (χ2n) is 9.71. The number of piperazine rings is 1. The highest BCUT2D eigenvalue weighted by molar-refractivity contribution is 5.75. The van der Waals surface area contributed by atoms with Gasteiger partial charge in [0.05, 0.1) is 12.7 Å². The van der Waals surface area contributed by atoms with Crippen LogP contribution in [0.5, 0.6) is 5.75 Å². The molecule has 2 aliphatic heterocycles. The maximum absolute atomic E-state index is 12.9. The number of piperidine rings is 1. The van der Waals surface area contributed by atoms with Crippen molar-refractivity contribution in [3.05, 3.63) is 59.7 Å². The molecule has 2 heterocycles. The predicted octanol–water partition coefficient (Wildman–Crippen LogP) is 4.09. The number of likely N-dealkylation sites (tertiary alicyclic amines) is 1. The fraction of sp³-hybridized carbons (Fsp3) is 0.500. The smallest absolute Gasteiger partial charge is 0.317 e. The number of nitriles is 1. The van der Waals surface area contributed by atoms with Gasteiger partial charge >= 0.3 is 6.03 Å². The number of benzene rings is 2. The van der Waals surface area contributed by atoms with Gasteiger partial charge in [-0.1, -0.05) is 30.3 Å². The SMILES string of the molecule is COc1ccc(N2CCN(C(=O)NCCC3CCN(Cc4ccccc4)CC3)[C@H](C)C2)cc1C#N. The Kier molecular flexibility index (Phi) is 8.49. The van der Waals surface area contributed by atoms with Gasteiger partial charge in [0.25, 0.3) is 0 Å². The Bertz CT molecular complexity index is 1010. The van der Waals surface area contributed by atoms with Crippen LogP contribution in [0.1, 0.15) is 37.3 Å². The quantitative estimate of drug-likeness (QED) is 0.653. The maximum Gasteiger partial charge on any atom is 0.317 e. The number of methoxy groups -OCH3 is 1. The third kappa shape index (κ3) is 6.46. The third-order valence-corrected chi connectivity index (χ3v) is 7.34. The van der Waals surface area contributed by atoms with E-state index in [2.05, 4.69) is 58.4 Å². The summed E-state index contributed by atoms with van der Waals surface area (Å²) in [6, 6.07) is 18.7. The van der Waals surface area contributed by atoms with Crippen molar-refractivity contribution in [1.82, 2.24) is 15.1 Å². The van der Waals surface area contributed by atoms with Gasteiger partial charge in [-0.15, -0.1) is 0 Å². The number of ether oxygens (including phenoxy) is 1. The summed E-state index contributed by atoms with van der Waals surface area (Å²) in [5, 5.41) is 12.5. The highest BCUT2D eigenvalue weighted by Crippen LogP contribution is 2.26. The first-order chi connectivity index (χ1) is 17.1. The van der Waals surface area contributed by atoms with Crippen molar-refractivity contribution in [3.63, 3.8) is 0 Å². The zero-order chi connectivity index (χ0) is 24.6. The van der Waals surface area contributed by atoms with Gasteiger partial charge in [0.1, 0.15) is 11.8 Å². The largest absolute Gasteiger partial charge is 0.495 e. The summed E-state index contributed by atoms with van der Waals surface area (Å²) in [5.41, 5.74) is 2.90. The Morgan fingerprint density at radius 1 is 1.11 bits per heavy atom. The number of anilines is 1. The monoisotopic (exact) mass is 475 g/mol. The van der Waals surface area contributed by atoms with Crippen LogP contribution in [0.3, 0.4) is 0 Å². The second kappa shape index (κ2) is 11.9. The van der Waals surface area contributed by atoms with E-state index < -0.39 is 0 Å². The van der Waals surface area contributed by atoms with Crippen molar-refractivity contribution in [2.24, 2.45) is 5.92 Å². The first kappa shape index (κ1) is 24.9. The van der Waals surface area contributed by atoms with E-state index in [1.54, 1.807) is 7.11 Å². The average molecular weight is 476 g/mol. The predicted molar refractivity (Wildman–Crippen MR) is 139 cm³/mol. The van der Waals surface area contributed by atoms with E-state index in [0.29, 0.717) is 23.8 Å². The number of amides is 2. The van der Waals surface area contributed by atoms with Gasteiger partial charge in [-0.3, -0.25) is 4.90 Å². The summed E-state index contributed by atoms with van der Waals surface area (Å²) in [7, 11) is 1.57. The number of urea groups is 1. The van der Waals surface area contributed by atoms with Gasteiger partial charge in [0.15, 0.2) is 0 Å². The van der Waals surface area contributed by atoms with E-state index in [1.807, 2.05) is 23.1 Å². The standard InChI is InChI=1S/C28H37N5O2/c1-22-20-32(26-8-9-27(35-2)25(18-26)19-29)16-17-33(22)28(34)30-13-10-23-11-14-31(15-12-23)21-24-6-4-3-5-7-24/h3-9,18,22-23H,10-17,20-21H2,1-2H3,(H,30,34)/t22-/m1/s1. The summed E-state index contributed by atoms with van der Waals surface area (Å²) in [5.74, 6) is 1.27. The first-order valence-electron chi connectivity index (χ1n) is 12.7. The molecule has 2 aromatic rings. The minimum atomic E-state index is 0.0334.